The summed E-state index contributed by atoms with van der Waals surface area (Å²) in [7, 11) is -3.61. The Labute approximate surface area is 162 Å². The monoisotopic (exact) mass is 392 g/mol. The fourth-order valence-corrected chi connectivity index (χ4v) is 3.95. The Morgan fingerprint density at radius 3 is 2.18 bits per heavy atom. The minimum Gasteiger partial charge on any atom is -0.322 e. The first-order valence-electron chi connectivity index (χ1n) is 8.51. The van der Waals surface area contributed by atoms with Gasteiger partial charge in [0.05, 0.1) is 5.75 Å². The number of primary sulfonamides is 1. The van der Waals surface area contributed by atoms with E-state index >= 15 is 0 Å². The molecule has 4 rings (SSSR count). The van der Waals surface area contributed by atoms with Gasteiger partial charge in [-0.05, 0) is 41.0 Å². The molecule has 0 fully saturated rings. The first kappa shape index (κ1) is 18.1. The quantitative estimate of drug-likeness (QED) is 0.557. The zero-order valence-corrected chi connectivity index (χ0v) is 15.5. The maximum atomic E-state index is 12.6. The van der Waals surface area contributed by atoms with Gasteiger partial charge >= 0.3 is 0 Å². The third-order valence-electron chi connectivity index (χ3n) is 4.57. The Bertz CT molecular complexity index is 1220. The number of sulfonamides is 1. The SMILES string of the molecule is NS(=O)(=O)Cc1ccc(NC(=O)c2ccc3c(c2)C(=O)c2ccccc2-3)cc1. The third-order valence-corrected chi connectivity index (χ3v) is 5.30. The Morgan fingerprint density at radius 2 is 1.50 bits per heavy atom. The van der Waals surface area contributed by atoms with Crippen LogP contribution < -0.4 is 10.5 Å². The molecule has 0 spiro atoms. The lowest BCUT2D eigenvalue weighted by atomic mass is 10.0. The van der Waals surface area contributed by atoms with Gasteiger partial charge in [-0.1, -0.05) is 42.5 Å². The van der Waals surface area contributed by atoms with Crippen molar-refractivity contribution in [1.82, 2.24) is 0 Å². The number of ketones is 1. The van der Waals surface area contributed by atoms with Crippen molar-refractivity contribution < 1.29 is 18.0 Å². The first-order chi connectivity index (χ1) is 13.3. The molecule has 0 saturated carbocycles. The van der Waals surface area contributed by atoms with Gasteiger partial charge in [-0.2, -0.15) is 0 Å². The highest BCUT2D eigenvalue weighted by Gasteiger charge is 2.27. The molecule has 0 aromatic heterocycles. The van der Waals surface area contributed by atoms with Gasteiger partial charge in [0.2, 0.25) is 10.0 Å². The Hall–Kier alpha value is -3.29. The third kappa shape index (κ3) is 3.45. The second-order valence-corrected chi connectivity index (χ2v) is 8.21. The highest BCUT2D eigenvalue weighted by Crippen LogP contribution is 2.36. The van der Waals surface area contributed by atoms with Gasteiger partial charge in [0, 0.05) is 22.4 Å². The molecule has 0 atom stereocenters. The fourth-order valence-electron chi connectivity index (χ4n) is 3.29. The van der Waals surface area contributed by atoms with Crippen molar-refractivity contribution in [2.24, 2.45) is 5.14 Å². The van der Waals surface area contributed by atoms with E-state index in [0.29, 0.717) is 27.9 Å². The van der Waals surface area contributed by atoms with Crippen molar-refractivity contribution in [3.8, 4) is 11.1 Å². The molecule has 3 N–H and O–H groups in total. The van der Waals surface area contributed by atoms with E-state index in [1.807, 2.05) is 18.2 Å². The van der Waals surface area contributed by atoms with Gasteiger partial charge in [-0.25, -0.2) is 13.6 Å². The van der Waals surface area contributed by atoms with E-state index in [-0.39, 0.29) is 17.4 Å². The average molecular weight is 392 g/mol. The highest BCUT2D eigenvalue weighted by atomic mass is 32.2. The standard InChI is InChI=1S/C21H16N2O4S/c22-28(26,27)12-13-5-8-15(9-6-13)23-21(25)14-7-10-17-16-3-1-2-4-18(16)20(24)19(17)11-14/h1-11H,12H2,(H,23,25)(H2,22,26,27). The highest BCUT2D eigenvalue weighted by molar-refractivity contribution is 7.88. The maximum Gasteiger partial charge on any atom is 0.255 e. The summed E-state index contributed by atoms with van der Waals surface area (Å²) in [6, 6.07) is 18.8. The van der Waals surface area contributed by atoms with E-state index in [9.17, 15) is 18.0 Å². The molecule has 140 valence electrons. The molecule has 0 aliphatic heterocycles. The summed E-state index contributed by atoms with van der Waals surface area (Å²) in [6.07, 6.45) is 0. The molecule has 0 bridgehead atoms. The van der Waals surface area contributed by atoms with Crippen LogP contribution >= 0.6 is 0 Å². The summed E-state index contributed by atoms with van der Waals surface area (Å²) >= 11 is 0. The lowest BCUT2D eigenvalue weighted by Gasteiger charge is -2.08. The number of hydrogen-bond donors (Lipinski definition) is 2. The predicted molar refractivity (Wildman–Crippen MR) is 107 cm³/mol. The van der Waals surface area contributed by atoms with Crippen LogP contribution in [-0.4, -0.2) is 20.1 Å². The van der Waals surface area contributed by atoms with Gasteiger partial charge in [0.1, 0.15) is 0 Å². The van der Waals surface area contributed by atoms with Crippen LogP contribution in [0.2, 0.25) is 0 Å². The van der Waals surface area contributed by atoms with E-state index in [1.165, 1.54) is 0 Å². The minimum atomic E-state index is -3.61. The summed E-state index contributed by atoms with van der Waals surface area (Å²) in [6.45, 7) is 0. The van der Waals surface area contributed by atoms with Crippen LogP contribution in [0.1, 0.15) is 31.8 Å². The number of carbonyl (C=O) groups excluding carboxylic acids is 2. The molecule has 1 amide bonds. The molecular formula is C21H16N2O4S. The number of carbonyl (C=O) groups is 2. The number of rotatable bonds is 4. The lowest BCUT2D eigenvalue weighted by Crippen LogP contribution is -2.15. The lowest BCUT2D eigenvalue weighted by molar-refractivity contribution is 0.102. The van der Waals surface area contributed by atoms with Gasteiger partial charge in [0.25, 0.3) is 5.91 Å². The number of fused-ring (bicyclic) bond motifs is 3. The molecule has 0 heterocycles. The Kier molecular flexibility index (Phi) is 4.33. The maximum absolute atomic E-state index is 12.6. The number of anilines is 1. The summed E-state index contributed by atoms with van der Waals surface area (Å²) < 4.78 is 22.3. The number of hydrogen-bond acceptors (Lipinski definition) is 4. The van der Waals surface area contributed by atoms with E-state index in [1.54, 1.807) is 48.5 Å². The van der Waals surface area contributed by atoms with E-state index in [2.05, 4.69) is 5.32 Å². The first-order valence-corrected chi connectivity index (χ1v) is 10.2. The fraction of sp³-hybridized carbons (Fsp3) is 0.0476. The molecule has 3 aromatic rings. The predicted octanol–water partition coefficient (Wildman–Crippen LogP) is 2.94. The molecule has 0 saturated heterocycles. The summed E-state index contributed by atoms with van der Waals surface area (Å²) in [5.41, 5.74) is 4.26. The molecule has 1 aliphatic carbocycles. The van der Waals surface area contributed by atoms with E-state index in [4.69, 9.17) is 5.14 Å². The smallest absolute Gasteiger partial charge is 0.255 e. The van der Waals surface area contributed by atoms with Crippen molar-refractivity contribution in [2.45, 2.75) is 5.75 Å². The van der Waals surface area contributed by atoms with Crippen LogP contribution in [0.4, 0.5) is 5.69 Å². The van der Waals surface area contributed by atoms with Crippen molar-refractivity contribution in [3.63, 3.8) is 0 Å². The second-order valence-electron chi connectivity index (χ2n) is 6.59. The van der Waals surface area contributed by atoms with Gasteiger partial charge in [-0.15, -0.1) is 0 Å². The largest absolute Gasteiger partial charge is 0.322 e. The van der Waals surface area contributed by atoms with Gasteiger partial charge < -0.3 is 5.32 Å². The summed E-state index contributed by atoms with van der Waals surface area (Å²) in [4.78, 5) is 25.2. The van der Waals surface area contributed by atoms with Gasteiger partial charge in [0.15, 0.2) is 5.78 Å². The van der Waals surface area contributed by atoms with Crippen LogP contribution in [0.25, 0.3) is 11.1 Å². The van der Waals surface area contributed by atoms with Crippen LogP contribution in [0.15, 0.2) is 66.7 Å². The number of nitrogens with two attached hydrogens (primary N) is 1. The molecule has 6 nitrogen and oxygen atoms in total. The topological polar surface area (TPSA) is 106 Å². The zero-order chi connectivity index (χ0) is 19.9. The number of amides is 1. The van der Waals surface area contributed by atoms with Crippen LogP contribution in [0.3, 0.4) is 0 Å². The Balaban J connectivity index is 1.55. The molecule has 0 unspecified atom stereocenters. The molecule has 0 radical (unpaired) electrons. The molecule has 1 aliphatic rings. The number of benzene rings is 3. The van der Waals surface area contributed by atoms with Crippen molar-refractivity contribution in [1.29, 1.82) is 0 Å². The van der Waals surface area contributed by atoms with Crippen LogP contribution in [0.5, 0.6) is 0 Å². The zero-order valence-electron chi connectivity index (χ0n) is 14.7. The molecule has 3 aromatic carbocycles. The number of nitrogens with one attached hydrogen (secondary N) is 1. The van der Waals surface area contributed by atoms with E-state index < -0.39 is 10.0 Å². The minimum absolute atomic E-state index is 0.0902. The van der Waals surface area contributed by atoms with Crippen LogP contribution in [-0.2, 0) is 15.8 Å². The van der Waals surface area contributed by atoms with E-state index in [0.717, 1.165) is 11.1 Å². The molecular weight excluding hydrogens is 376 g/mol. The van der Waals surface area contributed by atoms with Crippen LogP contribution in [0, 0.1) is 0 Å². The molecule has 28 heavy (non-hydrogen) atoms. The molecule has 7 heteroatoms. The summed E-state index contributed by atoms with van der Waals surface area (Å²) in [5, 5.41) is 7.77. The second kappa shape index (κ2) is 6.70. The normalized spacial score (nSPS) is 12.4. The van der Waals surface area contributed by atoms with Crippen molar-refractivity contribution in [3.05, 3.63) is 89.0 Å². The van der Waals surface area contributed by atoms with Gasteiger partial charge in [-0.3, -0.25) is 9.59 Å². The van der Waals surface area contributed by atoms with Crippen molar-refractivity contribution >= 4 is 27.4 Å². The average Bonchev–Trinajstić information content (AvgIpc) is 2.95. The Morgan fingerprint density at radius 1 is 0.857 bits per heavy atom. The summed E-state index contributed by atoms with van der Waals surface area (Å²) in [5.74, 6) is -0.715. The van der Waals surface area contributed by atoms with Crippen molar-refractivity contribution in [2.75, 3.05) is 5.32 Å².